The summed E-state index contributed by atoms with van der Waals surface area (Å²) in [5, 5.41) is 4.56. The Hall–Kier alpha value is -2.99. The van der Waals surface area contributed by atoms with Crippen molar-refractivity contribution >= 4 is 35.5 Å². The number of hydrogen-bond donors (Lipinski definition) is 1. The van der Waals surface area contributed by atoms with Gasteiger partial charge in [0.2, 0.25) is 0 Å². The van der Waals surface area contributed by atoms with Crippen molar-refractivity contribution in [2.75, 3.05) is 0 Å². The number of halogens is 1. The topological polar surface area (TPSA) is 78.8 Å². The predicted molar refractivity (Wildman–Crippen MR) is 107 cm³/mol. The van der Waals surface area contributed by atoms with Gasteiger partial charge in [0, 0.05) is 5.02 Å². The van der Waals surface area contributed by atoms with Gasteiger partial charge in [-0.25, -0.2) is 5.43 Å². The molecule has 28 heavy (non-hydrogen) atoms. The van der Waals surface area contributed by atoms with E-state index >= 15 is 0 Å². The molecule has 2 atom stereocenters. The first kappa shape index (κ1) is 19.8. The highest BCUT2D eigenvalue weighted by molar-refractivity contribution is 6.30. The van der Waals surface area contributed by atoms with Gasteiger partial charge in [-0.3, -0.25) is 19.3 Å². The average Bonchev–Trinajstić information content (AvgIpc) is 2.95. The van der Waals surface area contributed by atoms with Gasteiger partial charge in [0.15, 0.2) is 0 Å². The number of fused-ring (bicyclic) bond motifs is 1. The zero-order valence-electron chi connectivity index (χ0n) is 15.6. The summed E-state index contributed by atoms with van der Waals surface area (Å²) in [5.41, 5.74) is 3.85. The molecule has 144 valence electrons. The standard InChI is InChI=1S/C21H20ClN3O3/c1-3-13(2)18(19(26)24-23-12-14-8-10-15(22)11-9-14)25-20(27)16-6-4-5-7-17(16)21(25)28/h4-13,18H,3H2,1-2H3,(H,24,26)/b23-12-/t13-,18-/m0/s1. The molecule has 0 aliphatic carbocycles. The lowest BCUT2D eigenvalue weighted by Gasteiger charge is -2.28. The van der Waals surface area contributed by atoms with Gasteiger partial charge < -0.3 is 0 Å². The highest BCUT2D eigenvalue weighted by Gasteiger charge is 2.44. The van der Waals surface area contributed by atoms with E-state index in [4.69, 9.17) is 11.6 Å². The zero-order valence-corrected chi connectivity index (χ0v) is 16.3. The quantitative estimate of drug-likeness (QED) is 0.460. The summed E-state index contributed by atoms with van der Waals surface area (Å²) >= 11 is 5.84. The van der Waals surface area contributed by atoms with Gasteiger partial charge in [-0.2, -0.15) is 5.10 Å². The van der Waals surface area contributed by atoms with Crippen molar-refractivity contribution in [3.8, 4) is 0 Å². The zero-order chi connectivity index (χ0) is 20.3. The second-order valence-electron chi connectivity index (χ2n) is 6.64. The van der Waals surface area contributed by atoms with Crippen molar-refractivity contribution in [3.63, 3.8) is 0 Å². The van der Waals surface area contributed by atoms with Gasteiger partial charge in [0.1, 0.15) is 6.04 Å². The lowest BCUT2D eigenvalue weighted by molar-refractivity contribution is -0.126. The van der Waals surface area contributed by atoms with Gasteiger partial charge >= 0.3 is 0 Å². The van der Waals surface area contributed by atoms with Gasteiger partial charge in [-0.1, -0.05) is 56.1 Å². The Morgan fingerprint density at radius 2 is 1.68 bits per heavy atom. The van der Waals surface area contributed by atoms with E-state index in [1.54, 1.807) is 48.5 Å². The number of imide groups is 1. The minimum absolute atomic E-state index is 0.229. The molecule has 1 heterocycles. The summed E-state index contributed by atoms with van der Waals surface area (Å²) in [4.78, 5) is 39.4. The molecule has 1 N–H and O–H groups in total. The number of nitrogens with one attached hydrogen (secondary N) is 1. The fraction of sp³-hybridized carbons (Fsp3) is 0.238. The van der Waals surface area contributed by atoms with E-state index in [1.807, 2.05) is 13.8 Å². The van der Waals surface area contributed by atoms with Crippen LogP contribution in [0.4, 0.5) is 0 Å². The summed E-state index contributed by atoms with van der Waals surface area (Å²) in [6.45, 7) is 3.73. The molecule has 0 radical (unpaired) electrons. The first-order valence-electron chi connectivity index (χ1n) is 8.99. The van der Waals surface area contributed by atoms with Gasteiger partial charge in [-0.15, -0.1) is 0 Å². The molecule has 0 unspecified atom stereocenters. The Labute approximate surface area is 168 Å². The number of nitrogens with zero attached hydrogens (tertiary/aromatic N) is 2. The minimum atomic E-state index is -0.945. The van der Waals surface area contributed by atoms with Gasteiger partial charge in [-0.05, 0) is 35.7 Å². The summed E-state index contributed by atoms with van der Waals surface area (Å²) in [6, 6.07) is 12.6. The normalized spacial score (nSPS) is 15.6. The van der Waals surface area contributed by atoms with Gasteiger partial charge in [0.25, 0.3) is 17.7 Å². The van der Waals surface area contributed by atoms with E-state index in [1.165, 1.54) is 6.21 Å². The van der Waals surface area contributed by atoms with Crippen LogP contribution in [0, 0.1) is 5.92 Å². The molecule has 0 saturated heterocycles. The second kappa shape index (κ2) is 8.35. The third kappa shape index (κ3) is 3.82. The maximum atomic E-state index is 12.8. The lowest BCUT2D eigenvalue weighted by atomic mass is 9.97. The molecular formula is C21H20ClN3O3. The Morgan fingerprint density at radius 1 is 1.11 bits per heavy atom. The van der Waals surface area contributed by atoms with Crippen LogP contribution in [0.25, 0.3) is 0 Å². The Bertz CT molecular complexity index is 905. The van der Waals surface area contributed by atoms with Crippen molar-refractivity contribution in [2.45, 2.75) is 26.3 Å². The molecule has 3 rings (SSSR count). The smallest absolute Gasteiger partial charge is 0.263 e. The average molecular weight is 398 g/mol. The number of carbonyl (C=O) groups is 3. The number of hydrogen-bond acceptors (Lipinski definition) is 4. The molecular weight excluding hydrogens is 378 g/mol. The van der Waals surface area contributed by atoms with Crippen LogP contribution >= 0.6 is 11.6 Å². The van der Waals surface area contributed by atoms with Crippen molar-refractivity contribution in [2.24, 2.45) is 11.0 Å². The van der Waals surface area contributed by atoms with Crippen LogP contribution in [0.3, 0.4) is 0 Å². The van der Waals surface area contributed by atoms with E-state index in [0.717, 1.165) is 10.5 Å². The molecule has 2 aromatic rings. The third-order valence-corrected chi connectivity index (χ3v) is 5.07. The molecule has 7 heteroatoms. The highest BCUT2D eigenvalue weighted by Crippen LogP contribution is 2.28. The maximum Gasteiger partial charge on any atom is 0.263 e. The maximum absolute atomic E-state index is 12.8. The lowest BCUT2D eigenvalue weighted by Crippen LogP contribution is -2.51. The summed E-state index contributed by atoms with van der Waals surface area (Å²) in [7, 11) is 0. The molecule has 1 aliphatic rings. The van der Waals surface area contributed by atoms with Crippen molar-refractivity contribution in [3.05, 3.63) is 70.2 Å². The molecule has 2 aromatic carbocycles. The van der Waals surface area contributed by atoms with Crippen LogP contribution in [0.5, 0.6) is 0 Å². The number of carbonyl (C=O) groups excluding carboxylic acids is 3. The van der Waals surface area contributed by atoms with Crippen LogP contribution in [-0.4, -0.2) is 34.9 Å². The van der Waals surface area contributed by atoms with Crippen LogP contribution in [0.15, 0.2) is 53.6 Å². The largest absolute Gasteiger partial charge is 0.271 e. The van der Waals surface area contributed by atoms with Crippen molar-refractivity contribution < 1.29 is 14.4 Å². The Kier molecular flexibility index (Phi) is 5.90. The van der Waals surface area contributed by atoms with Crippen LogP contribution in [0.2, 0.25) is 5.02 Å². The number of hydrazone groups is 1. The molecule has 0 saturated carbocycles. The first-order chi connectivity index (χ1) is 13.4. The summed E-state index contributed by atoms with van der Waals surface area (Å²) in [6.07, 6.45) is 2.09. The summed E-state index contributed by atoms with van der Waals surface area (Å²) in [5.74, 6) is -1.65. The number of amides is 3. The van der Waals surface area contributed by atoms with Crippen LogP contribution in [-0.2, 0) is 4.79 Å². The summed E-state index contributed by atoms with van der Waals surface area (Å²) < 4.78 is 0. The molecule has 0 spiro atoms. The molecule has 0 bridgehead atoms. The van der Waals surface area contributed by atoms with E-state index < -0.39 is 23.8 Å². The molecule has 0 aromatic heterocycles. The fourth-order valence-electron chi connectivity index (χ4n) is 3.10. The monoisotopic (exact) mass is 397 g/mol. The van der Waals surface area contributed by atoms with Crippen molar-refractivity contribution in [1.82, 2.24) is 10.3 Å². The van der Waals surface area contributed by atoms with Crippen molar-refractivity contribution in [1.29, 1.82) is 0 Å². The Balaban J connectivity index is 1.81. The Morgan fingerprint density at radius 3 is 2.21 bits per heavy atom. The van der Waals surface area contributed by atoms with E-state index in [0.29, 0.717) is 22.6 Å². The third-order valence-electron chi connectivity index (χ3n) is 4.81. The SMILES string of the molecule is CC[C@H](C)[C@@H](C(=O)N/N=C\c1ccc(Cl)cc1)N1C(=O)c2ccccc2C1=O. The molecule has 0 fully saturated rings. The molecule has 3 amide bonds. The van der Waals surface area contributed by atoms with E-state index in [-0.39, 0.29) is 5.92 Å². The predicted octanol–water partition coefficient (Wildman–Crippen LogP) is 3.50. The van der Waals surface area contributed by atoms with Crippen LogP contribution < -0.4 is 5.43 Å². The first-order valence-corrected chi connectivity index (χ1v) is 9.37. The number of benzene rings is 2. The minimum Gasteiger partial charge on any atom is -0.271 e. The van der Waals surface area contributed by atoms with E-state index in [9.17, 15) is 14.4 Å². The van der Waals surface area contributed by atoms with E-state index in [2.05, 4.69) is 10.5 Å². The molecule has 1 aliphatic heterocycles. The second-order valence-corrected chi connectivity index (χ2v) is 7.08. The number of rotatable bonds is 6. The highest BCUT2D eigenvalue weighted by atomic mass is 35.5. The van der Waals surface area contributed by atoms with Gasteiger partial charge in [0.05, 0.1) is 17.3 Å². The van der Waals surface area contributed by atoms with Crippen LogP contribution in [0.1, 0.15) is 46.5 Å². The molecule has 6 nitrogen and oxygen atoms in total. The fourth-order valence-corrected chi connectivity index (χ4v) is 3.23.